The molecule has 5 saturated carbocycles. The number of Topliss-reactive ketones (excluding diaryl/α,β-unsaturated/α-hetero) is 1. The van der Waals surface area contributed by atoms with Crippen molar-refractivity contribution in [2.24, 2.45) is 50.5 Å². The summed E-state index contributed by atoms with van der Waals surface area (Å²) in [6.45, 7) is 4.62. The quantitative estimate of drug-likeness (QED) is 0.492. The highest BCUT2D eigenvalue weighted by molar-refractivity contribution is 5.96. The van der Waals surface area contributed by atoms with Gasteiger partial charge in [-0.1, -0.05) is 24.2 Å². The third kappa shape index (κ3) is 3.44. The highest BCUT2D eigenvalue weighted by Crippen LogP contribution is 2.64. The first-order valence-corrected chi connectivity index (χ1v) is 12.6. The van der Waals surface area contributed by atoms with Gasteiger partial charge in [-0.05, 0) is 93.8 Å². The van der Waals surface area contributed by atoms with E-state index in [0.717, 1.165) is 88.5 Å². The van der Waals surface area contributed by atoms with Crippen LogP contribution in [0.3, 0.4) is 0 Å². The van der Waals surface area contributed by atoms with Gasteiger partial charge in [0.1, 0.15) is 11.9 Å². The van der Waals surface area contributed by atoms with Crippen LogP contribution in [0.25, 0.3) is 0 Å². The van der Waals surface area contributed by atoms with E-state index in [2.05, 4.69) is 24.2 Å². The molecule has 0 aliphatic heterocycles. The molecule has 6 atom stereocenters. The van der Waals surface area contributed by atoms with Crippen molar-refractivity contribution in [1.29, 1.82) is 0 Å². The molecule has 31 heavy (non-hydrogen) atoms. The SMILES string of the molecule is C[C@]12CCC(=NOC3CCC(N)CC3)CC1/C(=N/O)C[C@@H]1[C@@H]2CC[C@]2(C)C(=O)CC[C@@H]12. The Morgan fingerprint density at radius 1 is 1.00 bits per heavy atom. The van der Waals surface area contributed by atoms with Crippen LogP contribution in [0.15, 0.2) is 10.3 Å². The fourth-order valence-electron chi connectivity index (χ4n) is 8.18. The zero-order valence-corrected chi connectivity index (χ0v) is 19.2. The summed E-state index contributed by atoms with van der Waals surface area (Å²) in [4.78, 5) is 18.6. The minimum Gasteiger partial charge on any atom is -0.411 e. The normalized spacial score (nSPS) is 50.1. The second-order valence-corrected chi connectivity index (χ2v) is 11.7. The van der Waals surface area contributed by atoms with Crippen molar-refractivity contribution in [1.82, 2.24) is 0 Å². The summed E-state index contributed by atoms with van der Waals surface area (Å²) in [5.74, 6) is 2.22. The van der Waals surface area contributed by atoms with Crippen LogP contribution >= 0.6 is 0 Å². The summed E-state index contributed by atoms with van der Waals surface area (Å²) >= 11 is 0. The lowest BCUT2D eigenvalue weighted by atomic mass is 9.45. The first-order valence-electron chi connectivity index (χ1n) is 12.6. The number of fused-ring (bicyclic) bond motifs is 5. The van der Waals surface area contributed by atoms with Crippen molar-refractivity contribution in [2.75, 3.05) is 0 Å². The van der Waals surface area contributed by atoms with E-state index in [4.69, 9.17) is 10.6 Å². The molecule has 0 bridgehead atoms. The van der Waals surface area contributed by atoms with Gasteiger partial charge in [-0.3, -0.25) is 4.79 Å². The van der Waals surface area contributed by atoms with Crippen molar-refractivity contribution in [3.63, 3.8) is 0 Å². The number of carbonyl (C=O) groups is 1. The van der Waals surface area contributed by atoms with Crippen molar-refractivity contribution >= 4 is 17.2 Å². The molecule has 0 amide bonds. The van der Waals surface area contributed by atoms with E-state index >= 15 is 0 Å². The number of oxime groups is 2. The number of hydrogen-bond donors (Lipinski definition) is 2. The molecule has 0 aromatic heterocycles. The summed E-state index contributed by atoms with van der Waals surface area (Å²) < 4.78 is 0. The number of carbonyl (C=O) groups excluding carboxylic acids is 1. The van der Waals surface area contributed by atoms with E-state index in [9.17, 15) is 10.0 Å². The maximum atomic E-state index is 12.7. The number of nitrogens with two attached hydrogens (primary N) is 1. The summed E-state index contributed by atoms with van der Waals surface area (Å²) in [6, 6.07) is 0.314. The third-order valence-electron chi connectivity index (χ3n) is 10.2. The Morgan fingerprint density at radius 2 is 1.77 bits per heavy atom. The molecule has 0 heterocycles. The third-order valence-corrected chi connectivity index (χ3v) is 10.2. The number of ketones is 1. The summed E-state index contributed by atoms with van der Waals surface area (Å²) in [6.07, 6.45) is 11.8. The van der Waals surface area contributed by atoms with Gasteiger partial charge in [0, 0.05) is 23.8 Å². The average Bonchev–Trinajstić information content (AvgIpc) is 3.07. The van der Waals surface area contributed by atoms with E-state index in [-0.39, 0.29) is 22.9 Å². The van der Waals surface area contributed by atoms with Crippen molar-refractivity contribution < 1.29 is 14.8 Å². The van der Waals surface area contributed by atoms with Gasteiger partial charge < -0.3 is 15.8 Å². The number of rotatable bonds is 2. The lowest BCUT2D eigenvalue weighted by Crippen LogP contribution is -2.56. The Labute approximate surface area is 186 Å². The Balaban J connectivity index is 1.33. The van der Waals surface area contributed by atoms with Gasteiger partial charge in [0.2, 0.25) is 0 Å². The minimum absolute atomic E-state index is 0.119. The van der Waals surface area contributed by atoms with Crippen molar-refractivity contribution in [2.45, 2.75) is 103 Å². The predicted octanol–water partition coefficient (Wildman–Crippen LogP) is 4.68. The van der Waals surface area contributed by atoms with Crippen LogP contribution in [0.1, 0.15) is 90.9 Å². The number of hydrogen-bond acceptors (Lipinski definition) is 6. The molecule has 0 radical (unpaired) electrons. The van der Waals surface area contributed by atoms with E-state index in [1.54, 1.807) is 0 Å². The standard InChI is InChI=1S/C25H39N3O3/c1-24-11-9-16(28-31-17-5-3-15(26)4-6-17)13-21(24)22(27-30)14-18-19-7-8-23(29)25(19,2)12-10-20(18)24/h15,17-21,30H,3-14,26H2,1-2H3/b27-22+,28-16?/t15?,17?,18-,19-,20-,21?,24+,25-/m0/s1. The molecular weight excluding hydrogens is 390 g/mol. The largest absolute Gasteiger partial charge is 0.411 e. The van der Waals surface area contributed by atoms with Crippen LogP contribution in [-0.4, -0.2) is 34.6 Å². The van der Waals surface area contributed by atoms with Gasteiger partial charge in [-0.25, -0.2) is 0 Å². The van der Waals surface area contributed by atoms with Crippen molar-refractivity contribution in [3.05, 3.63) is 0 Å². The second-order valence-electron chi connectivity index (χ2n) is 11.7. The van der Waals surface area contributed by atoms with Crippen LogP contribution in [-0.2, 0) is 9.63 Å². The molecule has 0 spiro atoms. The van der Waals surface area contributed by atoms with Crippen LogP contribution in [0.2, 0.25) is 0 Å². The molecule has 1 unspecified atom stereocenters. The maximum absolute atomic E-state index is 12.7. The maximum Gasteiger partial charge on any atom is 0.139 e. The van der Waals surface area contributed by atoms with Gasteiger partial charge >= 0.3 is 0 Å². The van der Waals surface area contributed by atoms with E-state index in [0.29, 0.717) is 29.6 Å². The highest BCUT2D eigenvalue weighted by Gasteiger charge is 2.61. The highest BCUT2D eigenvalue weighted by atomic mass is 16.6. The molecule has 5 fully saturated rings. The monoisotopic (exact) mass is 429 g/mol. The zero-order valence-electron chi connectivity index (χ0n) is 19.2. The molecule has 5 rings (SSSR count). The van der Waals surface area contributed by atoms with Crippen LogP contribution in [0.4, 0.5) is 0 Å². The first kappa shape index (κ1) is 21.4. The fourth-order valence-corrected chi connectivity index (χ4v) is 8.18. The zero-order chi connectivity index (χ0) is 21.8. The molecule has 0 saturated heterocycles. The predicted molar refractivity (Wildman–Crippen MR) is 120 cm³/mol. The van der Waals surface area contributed by atoms with Gasteiger partial charge in [-0.2, -0.15) is 0 Å². The summed E-state index contributed by atoms with van der Waals surface area (Å²) in [5, 5.41) is 18.4. The Bertz CT molecular complexity index is 787. The summed E-state index contributed by atoms with van der Waals surface area (Å²) in [5.41, 5.74) is 8.03. The topological polar surface area (TPSA) is 97.3 Å². The fraction of sp³-hybridized carbons (Fsp3) is 0.880. The van der Waals surface area contributed by atoms with E-state index in [1.165, 1.54) is 0 Å². The Morgan fingerprint density at radius 3 is 2.52 bits per heavy atom. The average molecular weight is 430 g/mol. The number of nitrogens with zero attached hydrogens (tertiary/aromatic N) is 2. The van der Waals surface area contributed by atoms with Gasteiger partial charge in [0.15, 0.2) is 0 Å². The first-order chi connectivity index (χ1) is 14.8. The molecule has 6 nitrogen and oxygen atoms in total. The Hall–Kier alpha value is -1.43. The van der Waals surface area contributed by atoms with Crippen molar-refractivity contribution in [3.8, 4) is 0 Å². The molecular formula is C25H39N3O3. The van der Waals surface area contributed by atoms with E-state index in [1.807, 2.05) is 0 Å². The molecule has 5 aliphatic rings. The molecule has 0 aromatic rings. The Kier molecular flexibility index (Phi) is 5.43. The molecule has 5 aliphatic carbocycles. The lowest BCUT2D eigenvalue weighted by molar-refractivity contribution is -0.133. The molecule has 0 aromatic carbocycles. The minimum atomic E-state index is -0.150. The smallest absolute Gasteiger partial charge is 0.139 e. The van der Waals surface area contributed by atoms with Gasteiger partial charge in [-0.15, -0.1) is 0 Å². The van der Waals surface area contributed by atoms with Crippen LogP contribution in [0, 0.1) is 34.5 Å². The van der Waals surface area contributed by atoms with E-state index < -0.39 is 0 Å². The van der Waals surface area contributed by atoms with Gasteiger partial charge in [0.25, 0.3) is 0 Å². The lowest BCUT2D eigenvalue weighted by Gasteiger charge is -2.59. The molecule has 172 valence electrons. The van der Waals surface area contributed by atoms with Crippen LogP contribution < -0.4 is 5.73 Å². The molecule has 6 heteroatoms. The summed E-state index contributed by atoms with van der Waals surface area (Å²) in [7, 11) is 0. The second kappa shape index (κ2) is 7.86. The molecule has 3 N–H and O–H groups in total. The van der Waals surface area contributed by atoms with Crippen LogP contribution in [0.5, 0.6) is 0 Å². The van der Waals surface area contributed by atoms with Gasteiger partial charge in [0.05, 0.1) is 11.4 Å².